The third-order valence-corrected chi connectivity index (χ3v) is 4.39. The van der Waals surface area contributed by atoms with E-state index in [0.29, 0.717) is 30.1 Å². The minimum Gasteiger partial charge on any atom is -0.490 e. The highest BCUT2D eigenvalue weighted by Crippen LogP contribution is 2.24. The van der Waals surface area contributed by atoms with Crippen molar-refractivity contribution in [2.24, 2.45) is 0 Å². The minimum atomic E-state index is -0.160. The largest absolute Gasteiger partial charge is 0.490 e. The van der Waals surface area contributed by atoms with Crippen LogP contribution in [0.3, 0.4) is 0 Å². The fourth-order valence-electron chi connectivity index (χ4n) is 2.91. The average molecular weight is 337 g/mol. The van der Waals surface area contributed by atoms with E-state index in [1.165, 1.54) is 0 Å². The van der Waals surface area contributed by atoms with E-state index < -0.39 is 0 Å². The van der Waals surface area contributed by atoms with Crippen LogP contribution >= 0.6 is 0 Å². The van der Waals surface area contributed by atoms with Gasteiger partial charge in [-0.05, 0) is 56.5 Å². The second kappa shape index (κ2) is 6.97. The van der Waals surface area contributed by atoms with Crippen LogP contribution in [0, 0.1) is 13.8 Å². The van der Waals surface area contributed by atoms with Crippen molar-refractivity contribution < 1.29 is 9.53 Å². The number of rotatable bonds is 5. The summed E-state index contributed by atoms with van der Waals surface area (Å²) in [5, 5.41) is 3.03. The maximum Gasteiger partial charge on any atom is 0.274 e. The lowest BCUT2D eigenvalue weighted by Gasteiger charge is -2.11. The Bertz CT molecular complexity index is 928. The Hall–Kier alpha value is -2.82. The Kier molecular flexibility index (Phi) is 4.74. The zero-order chi connectivity index (χ0) is 18.0. The summed E-state index contributed by atoms with van der Waals surface area (Å²) in [4.78, 5) is 17.6. The van der Waals surface area contributed by atoms with E-state index in [1.807, 2.05) is 68.6 Å². The summed E-state index contributed by atoms with van der Waals surface area (Å²) in [5.74, 6) is 0.525. The molecule has 0 saturated carbocycles. The van der Waals surface area contributed by atoms with Gasteiger partial charge < -0.3 is 10.1 Å². The molecule has 0 spiro atoms. The van der Waals surface area contributed by atoms with Crippen LogP contribution in [0.5, 0.6) is 5.75 Å². The van der Waals surface area contributed by atoms with Crippen LogP contribution in [0.25, 0.3) is 5.65 Å². The summed E-state index contributed by atoms with van der Waals surface area (Å²) in [6, 6.07) is 9.64. The predicted octanol–water partition coefficient (Wildman–Crippen LogP) is 4.16. The van der Waals surface area contributed by atoms with Crippen LogP contribution in [0.4, 0.5) is 5.69 Å². The first kappa shape index (κ1) is 17.0. The minimum absolute atomic E-state index is 0.160. The number of hydrogen-bond donors (Lipinski definition) is 1. The van der Waals surface area contributed by atoms with E-state index in [-0.39, 0.29) is 5.91 Å². The highest BCUT2D eigenvalue weighted by atomic mass is 16.5. The molecule has 0 aliphatic rings. The van der Waals surface area contributed by atoms with Gasteiger partial charge in [-0.1, -0.05) is 19.1 Å². The zero-order valence-corrected chi connectivity index (χ0v) is 15.1. The molecule has 0 atom stereocenters. The van der Waals surface area contributed by atoms with E-state index in [4.69, 9.17) is 4.74 Å². The first-order valence-corrected chi connectivity index (χ1v) is 8.57. The number of pyridine rings is 1. The molecule has 0 saturated heterocycles. The number of ether oxygens (including phenoxy) is 1. The van der Waals surface area contributed by atoms with Crippen molar-refractivity contribution in [1.82, 2.24) is 9.38 Å². The highest BCUT2D eigenvalue weighted by molar-refractivity contribution is 6.05. The lowest BCUT2D eigenvalue weighted by Crippen LogP contribution is -2.17. The first-order chi connectivity index (χ1) is 12.1. The van der Waals surface area contributed by atoms with Crippen molar-refractivity contribution in [2.75, 3.05) is 11.9 Å². The number of carbonyl (C=O) groups is 1. The quantitative estimate of drug-likeness (QED) is 0.760. The van der Waals surface area contributed by atoms with E-state index >= 15 is 0 Å². The number of amides is 1. The van der Waals surface area contributed by atoms with Gasteiger partial charge in [0.25, 0.3) is 5.91 Å². The SMILES string of the molecule is CCOc1cccn2c(C(=O)Nc3cccc(C)c3C)c(CC)nc12. The van der Waals surface area contributed by atoms with Crippen molar-refractivity contribution >= 4 is 17.2 Å². The third-order valence-electron chi connectivity index (χ3n) is 4.39. The van der Waals surface area contributed by atoms with Crippen LogP contribution in [0.2, 0.25) is 0 Å². The summed E-state index contributed by atoms with van der Waals surface area (Å²) in [6.45, 7) is 8.52. The molecule has 0 aliphatic heterocycles. The topological polar surface area (TPSA) is 55.6 Å². The van der Waals surface area contributed by atoms with Gasteiger partial charge in [-0.25, -0.2) is 4.98 Å². The Balaban J connectivity index is 2.06. The van der Waals surface area contributed by atoms with E-state index in [0.717, 1.165) is 22.5 Å². The van der Waals surface area contributed by atoms with Crippen molar-refractivity contribution in [2.45, 2.75) is 34.1 Å². The molecule has 5 heteroatoms. The maximum absolute atomic E-state index is 13.0. The number of nitrogens with one attached hydrogen (secondary N) is 1. The van der Waals surface area contributed by atoms with Gasteiger partial charge in [-0.3, -0.25) is 9.20 Å². The van der Waals surface area contributed by atoms with Gasteiger partial charge in [0.1, 0.15) is 5.69 Å². The van der Waals surface area contributed by atoms with Crippen molar-refractivity contribution in [1.29, 1.82) is 0 Å². The average Bonchev–Trinajstić information content (AvgIpc) is 2.99. The molecule has 1 N–H and O–H groups in total. The number of anilines is 1. The Morgan fingerprint density at radius 3 is 2.72 bits per heavy atom. The number of imidazole rings is 1. The van der Waals surface area contributed by atoms with Crippen LogP contribution in [-0.2, 0) is 6.42 Å². The van der Waals surface area contributed by atoms with E-state index in [1.54, 1.807) is 0 Å². The van der Waals surface area contributed by atoms with Crippen molar-refractivity contribution in [3.05, 3.63) is 59.0 Å². The molecule has 5 nitrogen and oxygen atoms in total. The van der Waals surface area contributed by atoms with Gasteiger partial charge in [0.05, 0.1) is 12.3 Å². The summed E-state index contributed by atoms with van der Waals surface area (Å²) < 4.78 is 7.46. The molecule has 130 valence electrons. The van der Waals surface area contributed by atoms with Crippen molar-refractivity contribution in [3.63, 3.8) is 0 Å². The first-order valence-electron chi connectivity index (χ1n) is 8.57. The van der Waals surface area contributed by atoms with Crippen molar-refractivity contribution in [3.8, 4) is 5.75 Å². The molecule has 1 amide bonds. The number of aromatic nitrogens is 2. The second-order valence-corrected chi connectivity index (χ2v) is 5.96. The molecule has 2 aromatic heterocycles. The molecule has 3 rings (SSSR count). The van der Waals surface area contributed by atoms with Gasteiger partial charge in [-0.2, -0.15) is 0 Å². The van der Waals surface area contributed by atoms with Crippen LogP contribution in [0.1, 0.15) is 41.2 Å². The monoisotopic (exact) mass is 337 g/mol. The number of aryl methyl sites for hydroxylation is 2. The Labute approximate surface area is 147 Å². The number of fused-ring (bicyclic) bond motifs is 1. The molecular weight excluding hydrogens is 314 g/mol. The van der Waals surface area contributed by atoms with Gasteiger partial charge in [0, 0.05) is 11.9 Å². The number of hydrogen-bond acceptors (Lipinski definition) is 3. The summed E-state index contributed by atoms with van der Waals surface area (Å²) in [6.07, 6.45) is 2.52. The van der Waals surface area contributed by atoms with Gasteiger partial charge >= 0.3 is 0 Å². The summed E-state index contributed by atoms with van der Waals surface area (Å²) >= 11 is 0. The lowest BCUT2D eigenvalue weighted by atomic mass is 10.1. The fraction of sp³-hybridized carbons (Fsp3) is 0.300. The van der Waals surface area contributed by atoms with Crippen LogP contribution in [0.15, 0.2) is 36.5 Å². The fourth-order valence-corrected chi connectivity index (χ4v) is 2.91. The van der Waals surface area contributed by atoms with Crippen LogP contribution in [-0.4, -0.2) is 21.9 Å². The standard InChI is InChI=1S/C20H23N3O2/c1-5-15-18(20(24)22-16-10-7-9-13(3)14(16)4)23-12-8-11-17(25-6-2)19(23)21-15/h7-12H,5-6H2,1-4H3,(H,22,24). The molecule has 0 aliphatic carbocycles. The molecule has 1 aromatic carbocycles. The van der Waals surface area contributed by atoms with Crippen LogP contribution < -0.4 is 10.1 Å². The van der Waals surface area contributed by atoms with Gasteiger partial charge in [0.2, 0.25) is 0 Å². The number of benzene rings is 1. The maximum atomic E-state index is 13.0. The van der Waals surface area contributed by atoms with E-state index in [2.05, 4.69) is 10.3 Å². The normalized spacial score (nSPS) is 10.9. The number of carbonyl (C=O) groups excluding carboxylic acids is 1. The molecule has 2 heterocycles. The molecule has 0 unspecified atom stereocenters. The Morgan fingerprint density at radius 1 is 1.20 bits per heavy atom. The molecule has 0 bridgehead atoms. The second-order valence-electron chi connectivity index (χ2n) is 5.96. The molecule has 25 heavy (non-hydrogen) atoms. The van der Waals surface area contributed by atoms with Gasteiger partial charge in [0.15, 0.2) is 11.4 Å². The lowest BCUT2D eigenvalue weighted by molar-refractivity contribution is 0.102. The third kappa shape index (κ3) is 3.09. The number of nitrogens with zero attached hydrogens (tertiary/aromatic N) is 2. The molecule has 0 radical (unpaired) electrons. The zero-order valence-electron chi connectivity index (χ0n) is 15.1. The van der Waals surface area contributed by atoms with E-state index in [9.17, 15) is 4.79 Å². The molecule has 3 aromatic rings. The summed E-state index contributed by atoms with van der Waals surface area (Å²) in [5.41, 5.74) is 5.02. The molecular formula is C20H23N3O2. The van der Waals surface area contributed by atoms with Gasteiger partial charge in [-0.15, -0.1) is 0 Å². The summed E-state index contributed by atoms with van der Waals surface area (Å²) in [7, 11) is 0. The highest BCUT2D eigenvalue weighted by Gasteiger charge is 2.20. The Morgan fingerprint density at radius 2 is 2.00 bits per heavy atom. The predicted molar refractivity (Wildman–Crippen MR) is 99.6 cm³/mol. The molecule has 0 fully saturated rings. The smallest absolute Gasteiger partial charge is 0.274 e.